The zero-order chi connectivity index (χ0) is 9.14. The zero-order valence-electron chi connectivity index (χ0n) is 5.98. The number of aliphatic hydroxyl groups excluding tert-OH is 1. The van der Waals surface area contributed by atoms with Crippen LogP contribution in [0.2, 0.25) is 0 Å². The number of benzene rings is 1. The van der Waals surface area contributed by atoms with E-state index in [4.69, 9.17) is 16.7 Å². The Morgan fingerprint density at radius 3 is 2.25 bits per heavy atom. The van der Waals surface area contributed by atoms with E-state index in [0.29, 0.717) is 5.56 Å². The fourth-order valence-electron chi connectivity index (χ4n) is 0.755. The van der Waals surface area contributed by atoms with Gasteiger partial charge in [-0.1, -0.05) is 11.6 Å². The predicted molar refractivity (Wildman–Crippen MR) is 43.9 cm³/mol. The van der Waals surface area contributed by atoms with Crippen LogP contribution in [0.15, 0.2) is 24.3 Å². The Morgan fingerprint density at radius 2 is 1.92 bits per heavy atom. The molecule has 0 aliphatic heterocycles. The van der Waals surface area contributed by atoms with Crippen molar-refractivity contribution in [3.63, 3.8) is 0 Å². The van der Waals surface area contributed by atoms with E-state index >= 15 is 0 Å². The Bertz CT molecular complexity index is 283. The number of hydrogen-bond acceptors (Lipinski definition) is 3. The Hall–Kier alpha value is -1.13. The van der Waals surface area contributed by atoms with Crippen LogP contribution in [0.5, 0.6) is 0 Å². The SMILES string of the molecule is O=[N+]([O-])c1ccc(C(O)Cl)cc1. The van der Waals surface area contributed by atoms with Gasteiger partial charge in [-0.25, -0.2) is 0 Å². The van der Waals surface area contributed by atoms with Crippen LogP contribution in [0.25, 0.3) is 0 Å². The molecule has 0 amide bonds. The zero-order valence-corrected chi connectivity index (χ0v) is 6.73. The van der Waals surface area contributed by atoms with Gasteiger partial charge in [0.1, 0.15) is 0 Å². The Kier molecular flexibility index (Phi) is 2.62. The van der Waals surface area contributed by atoms with Gasteiger partial charge in [-0.05, 0) is 17.7 Å². The molecule has 0 saturated heterocycles. The van der Waals surface area contributed by atoms with Gasteiger partial charge in [-0.3, -0.25) is 10.1 Å². The first-order chi connectivity index (χ1) is 5.61. The third-order valence-electron chi connectivity index (χ3n) is 1.38. The third kappa shape index (κ3) is 1.93. The maximum absolute atomic E-state index is 10.2. The number of alkyl halides is 1. The number of nitro benzene ring substituents is 1. The summed E-state index contributed by atoms with van der Waals surface area (Å²) in [6.45, 7) is 0. The van der Waals surface area contributed by atoms with Crippen molar-refractivity contribution in [3.05, 3.63) is 39.9 Å². The molecule has 1 unspecified atom stereocenters. The number of nitro groups is 1. The van der Waals surface area contributed by atoms with Crippen molar-refractivity contribution >= 4 is 17.3 Å². The summed E-state index contributed by atoms with van der Waals surface area (Å²) in [5.41, 5.74) is -0.677. The maximum atomic E-state index is 10.2. The molecular formula is C7H6ClNO3. The Balaban J connectivity index is 2.93. The van der Waals surface area contributed by atoms with Gasteiger partial charge >= 0.3 is 0 Å². The Labute approximate surface area is 73.5 Å². The van der Waals surface area contributed by atoms with E-state index in [9.17, 15) is 10.1 Å². The second-order valence-corrected chi connectivity index (χ2v) is 2.60. The fraction of sp³-hybridized carbons (Fsp3) is 0.143. The van der Waals surface area contributed by atoms with E-state index in [-0.39, 0.29) is 5.69 Å². The van der Waals surface area contributed by atoms with E-state index < -0.39 is 10.5 Å². The molecule has 0 aromatic heterocycles. The van der Waals surface area contributed by atoms with Crippen LogP contribution in [0.4, 0.5) is 5.69 Å². The summed E-state index contributed by atoms with van der Waals surface area (Å²) in [4.78, 5) is 9.68. The minimum atomic E-state index is -1.11. The molecule has 0 heterocycles. The first-order valence-corrected chi connectivity index (χ1v) is 3.61. The molecule has 0 aliphatic carbocycles. The quantitative estimate of drug-likeness (QED) is 0.436. The summed E-state index contributed by atoms with van der Waals surface area (Å²) in [5, 5.41) is 19.0. The molecule has 0 aliphatic rings. The van der Waals surface area contributed by atoms with E-state index in [2.05, 4.69) is 0 Å². The molecule has 5 heteroatoms. The van der Waals surface area contributed by atoms with Gasteiger partial charge < -0.3 is 5.11 Å². The van der Waals surface area contributed by atoms with Crippen LogP contribution < -0.4 is 0 Å². The number of halogens is 1. The molecule has 1 rings (SSSR count). The van der Waals surface area contributed by atoms with E-state index in [1.807, 2.05) is 0 Å². The highest BCUT2D eigenvalue weighted by molar-refractivity contribution is 6.19. The van der Waals surface area contributed by atoms with Crippen LogP contribution in [0.1, 0.15) is 11.1 Å². The standard InChI is InChI=1S/C7H6ClNO3/c8-7(10)5-1-3-6(4-2-5)9(11)12/h1-4,7,10H. The lowest BCUT2D eigenvalue weighted by atomic mass is 10.2. The van der Waals surface area contributed by atoms with Gasteiger partial charge in [0.25, 0.3) is 5.69 Å². The van der Waals surface area contributed by atoms with E-state index in [1.54, 1.807) is 0 Å². The summed E-state index contributed by atoms with van der Waals surface area (Å²) in [6.07, 6.45) is 0. The molecule has 64 valence electrons. The molecule has 0 radical (unpaired) electrons. The summed E-state index contributed by atoms with van der Waals surface area (Å²) >= 11 is 5.32. The number of non-ortho nitro benzene ring substituents is 1. The highest BCUT2D eigenvalue weighted by atomic mass is 35.5. The number of aliphatic hydroxyl groups is 1. The molecule has 1 N–H and O–H groups in total. The summed E-state index contributed by atoms with van der Waals surface area (Å²) in [5.74, 6) is 0. The molecule has 0 bridgehead atoms. The number of rotatable bonds is 2. The van der Waals surface area contributed by atoms with Crippen molar-refractivity contribution in [3.8, 4) is 0 Å². The first-order valence-electron chi connectivity index (χ1n) is 3.18. The summed E-state index contributed by atoms with van der Waals surface area (Å²) in [7, 11) is 0. The molecule has 1 aromatic rings. The fourth-order valence-corrected chi connectivity index (χ4v) is 0.900. The molecule has 1 atom stereocenters. The lowest BCUT2D eigenvalue weighted by molar-refractivity contribution is -0.384. The van der Waals surface area contributed by atoms with Crippen molar-refractivity contribution < 1.29 is 10.0 Å². The maximum Gasteiger partial charge on any atom is 0.269 e. The topological polar surface area (TPSA) is 63.4 Å². The Morgan fingerprint density at radius 1 is 1.42 bits per heavy atom. The van der Waals surface area contributed by atoms with Gasteiger partial charge in [0.05, 0.1) is 4.92 Å². The van der Waals surface area contributed by atoms with Crippen LogP contribution in [0.3, 0.4) is 0 Å². The predicted octanol–water partition coefficient (Wildman–Crippen LogP) is 1.82. The van der Waals surface area contributed by atoms with Crippen molar-refractivity contribution in [1.29, 1.82) is 0 Å². The molecule has 0 spiro atoms. The molecule has 1 aromatic carbocycles. The average molecular weight is 188 g/mol. The second-order valence-electron chi connectivity index (χ2n) is 2.18. The van der Waals surface area contributed by atoms with Gasteiger partial charge in [0.15, 0.2) is 5.56 Å². The van der Waals surface area contributed by atoms with Gasteiger partial charge in [-0.15, -0.1) is 0 Å². The molecule has 0 saturated carbocycles. The third-order valence-corrected chi connectivity index (χ3v) is 1.63. The van der Waals surface area contributed by atoms with Gasteiger partial charge in [0, 0.05) is 12.1 Å². The average Bonchev–Trinajstić information content (AvgIpc) is 2.04. The van der Waals surface area contributed by atoms with Gasteiger partial charge in [0.2, 0.25) is 0 Å². The van der Waals surface area contributed by atoms with Gasteiger partial charge in [-0.2, -0.15) is 0 Å². The highest BCUT2D eigenvalue weighted by Gasteiger charge is 2.06. The largest absolute Gasteiger partial charge is 0.373 e. The molecular weight excluding hydrogens is 182 g/mol. The van der Waals surface area contributed by atoms with Crippen molar-refractivity contribution in [2.24, 2.45) is 0 Å². The normalized spacial score (nSPS) is 12.5. The monoisotopic (exact) mass is 187 g/mol. The minimum absolute atomic E-state index is 0.0175. The lowest BCUT2D eigenvalue weighted by Gasteiger charge is -2.00. The molecule has 0 fully saturated rings. The van der Waals surface area contributed by atoms with Crippen LogP contribution >= 0.6 is 11.6 Å². The lowest BCUT2D eigenvalue weighted by Crippen LogP contribution is -1.90. The second kappa shape index (κ2) is 3.51. The highest BCUT2D eigenvalue weighted by Crippen LogP contribution is 2.19. The van der Waals surface area contributed by atoms with Crippen molar-refractivity contribution in [2.75, 3.05) is 0 Å². The van der Waals surface area contributed by atoms with Crippen LogP contribution in [-0.2, 0) is 0 Å². The number of hydrogen-bond donors (Lipinski definition) is 1. The van der Waals surface area contributed by atoms with E-state index in [0.717, 1.165) is 0 Å². The summed E-state index contributed by atoms with van der Waals surface area (Å²) < 4.78 is 0. The molecule has 12 heavy (non-hydrogen) atoms. The van der Waals surface area contributed by atoms with E-state index in [1.165, 1.54) is 24.3 Å². The van der Waals surface area contributed by atoms with Crippen LogP contribution in [-0.4, -0.2) is 10.0 Å². The van der Waals surface area contributed by atoms with Crippen LogP contribution in [0, 0.1) is 10.1 Å². The van der Waals surface area contributed by atoms with Crippen molar-refractivity contribution in [1.82, 2.24) is 0 Å². The summed E-state index contributed by atoms with van der Waals surface area (Å²) in [6, 6.07) is 5.41. The number of nitrogens with zero attached hydrogens (tertiary/aromatic N) is 1. The first kappa shape index (κ1) is 8.96. The molecule has 4 nitrogen and oxygen atoms in total. The smallest absolute Gasteiger partial charge is 0.269 e. The van der Waals surface area contributed by atoms with Crippen molar-refractivity contribution in [2.45, 2.75) is 5.56 Å². The minimum Gasteiger partial charge on any atom is -0.373 e.